The second-order valence-corrected chi connectivity index (χ2v) is 8.82. The molecule has 7 heteroatoms. The van der Waals surface area contributed by atoms with Gasteiger partial charge in [-0.1, -0.05) is 12.1 Å². The van der Waals surface area contributed by atoms with Crippen LogP contribution in [0.3, 0.4) is 0 Å². The molecule has 0 aliphatic heterocycles. The first-order valence-electron chi connectivity index (χ1n) is 4.99. The smallest absolute Gasteiger partial charge is 0.209 e. The highest BCUT2D eigenvalue weighted by Crippen LogP contribution is 2.38. The van der Waals surface area contributed by atoms with Crippen molar-refractivity contribution < 1.29 is 8.42 Å². The van der Waals surface area contributed by atoms with Gasteiger partial charge in [0, 0.05) is 13.4 Å². The van der Waals surface area contributed by atoms with E-state index in [2.05, 4.69) is 63.7 Å². The molecule has 0 radical (unpaired) electrons. The van der Waals surface area contributed by atoms with E-state index in [-0.39, 0.29) is 9.79 Å². The summed E-state index contributed by atoms with van der Waals surface area (Å²) in [6, 6.07) is 10.2. The molecule has 0 aliphatic rings. The van der Waals surface area contributed by atoms with Gasteiger partial charge in [0.1, 0.15) is 4.90 Å². The van der Waals surface area contributed by atoms with Gasteiger partial charge < -0.3 is 0 Å². The van der Waals surface area contributed by atoms with Crippen LogP contribution in [-0.4, -0.2) is 8.42 Å². The third-order valence-electron chi connectivity index (χ3n) is 2.39. The van der Waals surface area contributed by atoms with Gasteiger partial charge in [0.25, 0.3) is 0 Å². The maximum atomic E-state index is 12.7. The van der Waals surface area contributed by atoms with E-state index >= 15 is 0 Å². The lowest BCUT2D eigenvalue weighted by molar-refractivity contribution is 0.594. The van der Waals surface area contributed by atoms with Crippen LogP contribution in [0.1, 0.15) is 0 Å². The first-order valence-corrected chi connectivity index (χ1v) is 9.64. The van der Waals surface area contributed by atoms with Crippen LogP contribution in [0.15, 0.2) is 64.1 Å². The van der Waals surface area contributed by atoms with Gasteiger partial charge in [-0.15, -0.1) is 0 Å². The molecule has 0 spiro atoms. The summed E-state index contributed by atoms with van der Waals surface area (Å²) in [5.74, 6) is 0. The van der Waals surface area contributed by atoms with Gasteiger partial charge in [-0.2, -0.15) is 0 Å². The quantitative estimate of drug-likeness (QED) is 0.506. The van der Waals surface area contributed by atoms with E-state index in [0.29, 0.717) is 17.9 Å². The fourth-order valence-electron chi connectivity index (χ4n) is 1.54. The van der Waals surface area contributed by atoms with E-state index in [0.717, 1.165) is 0 Å². The molecule has 0 atom stereocenters. The van der Waals surface area contributed by atoms with E-state index in [1.54, 1.807) is 36.4 Å². The van der Waals surface area contributed by atoms with Crippen molar-refractivity contribution in [2.45, 2.75) is 9.79 Å². The maximum absolute atomic E-state index is 12.7. The molecule has 0 unspecified atom stereocenters. The molecule has 0 N–H and O–H groups in total. The van der Waals surface area contributed by atoms with Crippen LogP contribution < -0.4 is 0 Å². The fraction of sp³-hybridized carbons (Fsp3) is 0. The molecule has 0 aromatic heterocycles. The van der Waals surface area contributed by atoms with Crippen LogP contribution in [0.2, 0.25) is 0 Å². The Morgan fingerprint density at radius 3 is 1.79 bits per heavy atom. The normalized spacial score (nSPS) is 11.6. The number of hydrogen-bond acceptors (Lipinski definition) is 2. The molecule has 0 aliphatic carbocycles. The average Bonchev–Trinajstić information content (AvgIpc) is 2.32. The summed E-state index contributed by atoms with van der Waals surface area (Å²) in [6.07, 6.45) is 0. The van der Waals surface area contributed by atoms with Gasteiger partial charge in [-0.3, -0.25) is 0 Å². The first kappa shape index (κ1) is 15.7. The van der Waals surface area contributed by atoms with Crippen LogP contribution >= 0.6 is 63.7 Å². The molecule has 0 bridgehead atoms. The zero-order chi connectivity index (χ0) is 14.2. The Balaban J connectivity index is 2.77. The van der Waals surface area contributed by atoms with E-state index in [9.17, 15) is 8.42 Å². The lowest BCUT2D eigenvalue weighted by Gasteiger charge is -2.11. The van der Waals surface area contributed by atoms with Crippen LogP contribution in [0.25, 0.3) is 0 Å². The molecular weight excluding hydrogens is 528 g/mol. The van der Waals surface area contributed by atoms with Crippen molar-refractivity contribution in [1.29, 1.82) is 0 Å². The average molecular weight is 534 g/mol. The number of sulfone groups is 1. The topological polar surface area (TPSA) is 34.1 Å². The molecule has 0 saturated carbocycles. The van der Waals surface area contributed by atoms with Crippen LogP contribution in [0, 0.1) is 0 Å². The summed E-state index contributed by atoms with van der Waals surface area (Å²) in [4.78, 5) is 0.434. The van der Waals surface area contributed by atoms with Crippen molar-refractivity contribution in [2.75, 3.05) is 0 Å². The molecule has 0 saturated heterocycles. The fourth-order valence-corrected chi connectivity index (χ4v) is 6.69. The van der Waals surface area contributed by atoms with Crippen LogP contribution in [0.4, 0.5) is 0 Å². The number of halogens is 4. The molecular formula is C12H6Br4O2S. The van der Waals surface area contributed by atoms with Gasteiger partial charge in [0.05, 0.1) is 9.37 Å². The van der Waals surface area contributed by atoms with Crippen molar-refractivity contribution in [3.8, 4) is 0 Å². The highest BCUT2D eigenvalue weighted by atomic mass is 79.9. The third kappa shape index (κ3) is 3.00. The monoisotopic (exact) mass is 530 g/mol. The van der Waals surface area contributed by atoms with E-state index < -0.39 is 9.84 Å². The Labute approximate surface area is 145 Å². The lowest BCUT2D eigenvalue weighted by Crippen LogP contribution is -2.05. The third-order valence-corrected chi connectivity index (χ3v) is 8.45. The molecule has 0 fully saturated rings. The largest absolute Gasteiger partial charge is 0.218 e. The summed E-state index contributed by atoms with van der Waals surface area (Å²) in [6.45, 7) is 0. The molecule has 2 nitrogen and oxygen atoms in total. The van der Waals surface area contributed by atoms with E-state index in [1.807, 2.05) is 0 Å². The molecule has 19 heavy (non-hydrogen) atoms. The molecule has 2 aromatic rings. The maximum Gasteiger partial charge on any atom is 0.209 e. The molecule has 0 heterocycles. The predicted molar refractivity (Wildman–Crippen MR) is 89.1 cm³/mol. The Hall–Kier alpha value is 0.310. The minimum atomic E-state index is -3.62. The zero-order valence-electron chi connectivity index (χ0n) is 9.20. The Kier molecular flexibility index (Phi) is 4.93. The van der Waals surface area contributed by atoms with Gasteiger partial charge in [0.2, 0.25) is 9.84 Å². The second kappa shape index (κ2) is 5.97. The standard InChI is InChI=1S/C12H6Br4O2S/c13-7-3-2-6-10(11(7)16)19(17,18)12-8(14)4-1-5-9(12)15/h1-6H. The van der Waals surface area contributed by atoms with Crippen molar-refractivity contribution >= 4 is 73.6 Å². The summed E-state index contributed by atoms with van der Waals surface area (Å²) in [5, 5.41) is 0. The molecule has 100 valence electrons. The number of benzene rings is 2. The highest BCUT2D eigenvalue weighted by Gasteiger charge is 2.26. The van der Waals surface area contributed by atoms with E-state index in [1.165, 1.54) is 0 Å². The summed E-state index contributed by atoms with van der Waals surface area (Å²) in [5.41, 5.74) is 0. The zero-order valence-corrected chi connectivity index (χ0v) is 16.4. The SMILES string of the molecule is O=S(=O)(c1cccc(Br)c1Br)c1c(Br)cccc1Br. The number of rotatable bonds is 2. The molecule has 2 rings (SSSR count). The Bertz CT molecular complexity index is 721. The van der Waals surface area contributed by atoms with Gasteiger partial charge in [-0.05, 0) is 88.0 Å². The Morgan fingerprint density at radius 1 is 0.737 bits per heavy atom. The molecule has 2 aromatic carbocycles. The van der Waals surface area contributed by atoms with Crippen molar-refractivity contribution in [3.05, 3.63) is 54.3 Å². The predicted octanol–water partition coefficient (Wildman–Crippen LogP) is 5.57. The minimum Gasteiger partial charge on any atom is -0.218 e. The summed E-state index contributed by atoms with van der Waals surface area (Å²) < 4.78 is 27.7. The van der Waals surface area contributed by atoms with Crippen molar-refractivity contribution in [1.82, 2.24) is 0 Å². The highest BCUT2D eigenvalue weighted by molar-refractivity contribution is 9.13. The first-order chi connectivity index (χ1) is 8.85. The summed E-state index contributed by atoms with van der Waals surface area (Å²) >= 11 is 13.2. The summed E-state index contributed by atoms with van der Waals surface area (Å²) in [7, 11) is -3.62. The minimum absolute atomic E-state index is 0.216. The van der Waals surface area contributed by atoms with Gasteiger partial charge >= 0.3 is 0 Å². The molecule has 0 amide bonds. The lowest BCUT2D eigenvalue weighted by atomic mass is 10.4. The van der Waals surface area contributed by atoms with Crippen molar-refractivity contribution in [2.24, 2.45) is 0 Å². The van der Waals surface area contributed by atoms with Crippen LogP contribution in [0.5, 0.6) is 0 Å². The van der Waals surface area contributed by atoms with E-state index in [4.69, 9.17) is 0 Å². The van der Waals surface area contributed by atoms with Crippen molar-refractivity contribution in [3.63, 3.8) is 0 Å². The van der Waals surface area contributed by atoms with Gasteiger partial charge in [-0.25, -0.2) is 8.42 Å². The second-order valence-electron chi connectivity index (χ2n) is 3.61. The van der Waals surface area contributed by atoms with Crippen LogP contribution in [-0.2, 0) is 9.84 Å². The van der Waals surface area contributed by atoms with Gasteiger partial charge in [0.15, 0.2) is 0 Å². The number of hydrogen-bond donors (Lipinski definition) is 0. The Morgan fingerprint density at radius 2 is 1.21 bits per heavy atom.